The van der Waals surface area contributed by atoms with Gasteiger partial charge in [0.1, 0.15) is 0 Å². The molecule has 0 atom stereocenters. The van der Waals surface area contributed by atoms with Gasteiger partial charge in [0.2, 0.25) is 5.96 Å². The van der Waals surface area contributed by atoms with Crippen LogP contribution in [-0.2, 0) is 4.79 Å². The number of amides is 3. The maximum atomic E-state index is 12.8. The molecule has 27 heavy (non-hydrogen) atoms. The van der Waals surface area contributed by atoms with Crippen molar-refractivity contribution < 1.29 is 9.59 Å². The van der Waals surface area contributed by atoms with Gasteiger partial charge in [0.05, 0.1) is 23.8 Å². The third-order valence-electron chi connectivity index (χ3n) is 4.22. The Balaban J connectivity index is 1.93. The Hall–Kier alpha value is -3.60. The summed E-state index contributed by atoms with van der Waals surface area (Å²) < 4.78 is 0. The van der Waals surface area contributed by atoms with E-state index in [2.05, 4.69) is 20.6 Å². The van der Waals surface area contributed by atoms with Crippen molar-refractivity contribution in [2.45, 2.75) is 6.92 Å². The molecular weight excluding hydrogens is 350 g/mol. The zero-order valence-electron chi connectivity index (χ0n) is 15.2. The topological polar surface area (TPSA) is 149 Å². The van der Waals surface area contributed by atoms with Crippen molar-refractivity contribution in [2.75, 3.05) is 26.0 Å². The van der Waals surface area contributed by atoms with E-state index in [-0.39, 0.29) is 18.4 Å². The van der Waals surface area contributed by atoms with Crippen molar-refractivity contribution in [2.24, 2.45) is 16.8 Å². The smallest absolute Gasteiger partial charge is 0.330 e. The minimum Gasteiger partial charge on any atom is -0.330 e. The molecule has 11 heteroatoms. The second-order valence-corrected chi connectivity index (χ2v) is 6.26. The van der Waals surface area contributed by atoms with Crippen molar-refractivity contribution in [1.29, 1.82) is 0 Å². The molecule has 2 heterocycles. The molecule has 0 bridgehead atoms. The Morgan fingerprint density at radius 2 is 2.11 bits per heavy atom. The zero-order chi connectivity index (χ0) is 19.7. The van der Waals surface area contributed by atoms with Crippen molar-refractivity contribution in [3.63, 3.8) is 0 Å². The van der Waals surface area contributed by atoms with Gasteiger partial charge in [0.15, 0.2) is 0 Å². The van der Waals surface area contributed by atoms with E-state index in [0.29, 0.717) is 17.0 Å². The standard InChI is InChI=1S/C16H21N9O2/c1-9-12(8-24(18)15(21-17)25(9)16(27)23(2)3)14(26)20-11-4-5-13-10(6-11)7-19-22-13/h4-7H,8,17-18H2,1-3H3,(H,19,22)(H,20,26)/b21-15+. The maximum absolute atomic E-state index is 12.8. The molecule has 1 aliphatic rings. The number of anilines is 1. The lowest BCUT2D eigenvalue weighted by Gasteiger charge is -2.37. The first-order chi connectivity index (χ1) is 12.8. The zero-order valence-corrected chi connectivity index (χ0v) is 15.2. The van der Waals surface area contributed by atoms with Crippen LogP contribution in [0.1, 0.15) is 6.92 Å². The van der Waals surface area contributed by atoms with E-state index >= 15 is 0 Å². The van der Waals surface area contributed by atoms with Crippen LogP contribution in [0.15, 0.2) is 40.8 Å². The average Bonchev–Trinajstić information content (AvgIpc) is 3.09. The Labute approximate surface area is 155 Å². The minimum absolute atomic E-state index is 0.0544. The van der Waals surface area contributed by atoms with Crippen LogP contribution in [0.2, 0.25) is 0 Å². The molecule has 0 saturated heterocycles. The number of nitrogens with two attached hydrogens (primary N) is 2. The summed E-state index contributed by atoms with van der Waals surface area (Å²) in [7, 11) is 3.16. The number of H-pyrrole nitrogens is 1. The first-order valence-electron chi connectivity index (χ1n) is 8.09. The molecule has 1 aromatic carbocycles. The molecule has 6 N–H and O–H groups in total. The number of hydrazine groups is 1. The lowest BCUT2D eigenvalue weighted by Crippen LogP contribution is -2.57. The molecule has 0 radical (unpaired) electrons. The number of rotatable bonds is 2. The van der Waals surface area contributed by atoms with Gasteiger partial charge in [-0.3, -0.25) is 14.9 Å². The molecule has 142 valence electrons. The molecule has 0 aliphatic carbocycles. The van der Waals surface area contributed by atoms with Gasteiger partial charge in [-0.1, -0.05) is 0 Å². The van der Waals surface area contributed by atoms with E-state index in [9.17, 15) is 9.59 Å². The van der Waals surface area contributed by atoms with Gasteiger partial charge in [-0.2, -0.15) is 5.10 Å². The van der Waals surface area contributed by atoms with Crippen LogP contribution < -0.4 is 17.0 Å². The first kappa shape index (κ1) is 18.2. The van der Waals surface area contributed by atoms with Gasteiger partial charge < -0.3 is 16.1 Å². The fourth-order valence-corrected chi connectivity index (χ4v) is 2.79. The van der Waals surface area contributed by atoms with Crippen LogP contribution in [0, 0.1) is 0 Å². The summed E-state index contributed by atoms with van der Waals surface area (Å²) in [5.41, 5.74) is 2.19. The van der Waals surface area contributed by atoms with Crippen LogP contribution in [0.25, 0.3) is 10.9 Å². The predicted octanol–water partition coefficient (Wildman–Crippen LogP) is 0.178. The van der Waals surface area contributed by atoms with Crippen molar-refractivity contribution >= 4 is 34.5 Å². The van der Waals surface area contributed by atoms with E-state index in [1.54, 1.807) is 39.3 Å². The summed E-state index contributed by atoms with van der Waals surface area (Å²) in [6, 6.07) is 4.95. The summed E-state index contributed by atoms with van der Waals surface area (Å²) in [4.78, 5) is 27.9. The SMILES string of the molecule is CC1=C(C(=O)Nc2ccc3[nH]ncc3c2)CN(N)/C(=N\N)N1C(=O)N(C)C. The van der Waals surface area contributed by atoms with Crippen molar-refractivity contribution in [3.05, 3.63) is 35.7 Å². The molecular formula is C16H21N9O2. The first-order valence-corrected chi connectivity index (χ1v) is 8.09. The van der Waals surface area contributed by atoms with Gasteiger partial charge in [-0.05, 0) is 25.1 Å². The van der Waals surface area contributed by atoms with E-state index < -0.39 is 6.03 Å². The number of benzene rings is 1. The van der Waals surface area contributed by atoms with Crippen LogP contribution in [-0.4, -0.2) is 63.5 Å². The number of fused-ring (bicyclic) bond motifs is 1. The monoisotopic (exact) mass is 371 g/mol. The Bertz CT molecular complexity index is 960. The number of nitrogens with one attached hydrogen (secondary N) is 2. The summed E-state index contributed by atoms with van der Waals surface area (Å²) in [5, 5.41) is 15.2. The number of guanidine groups is 1. The summed E-state index contributed by atoms with van der Waals surface area (Å²) in [6.07, 6.45) is 1.67. The Morgan fingerprint density at radius 3 is 2.78 bits per heavy atom. The lowest BCUT2D eigenvalue weighted by molar-refractivity contribution is -0.113. The predicted molar refractivity (Wildman–Crippen MR) is 101 cm³/mol. The summed E-state index contributed by atoms with van der Waals surface area (Å²) >= 11 is 0. The van der Waals surface area contributed by atoms with E-state index in [1.807, 2.05) is 6.07 Å². The van der Waals surface area contributed by atoms with Crippen molar-refractivity contribution in [1.82, 2.24) is 25.0 Å². The minimum atomic E-state index is -0.419. The molecule has 0 unspecified atom stereocenters. The van der Waals surface area contributed by atoms with Gasteiger partial charge in [-0.25, -0.2) is 15.5 Å². The Morgan fingerprint density at radius 1 is 1.37 bits per heavy atom. The highest BCUT2D eigenvalue weighted by molar-refractivity contribution is 6.09. The third kappa shape index (κ3) is 3.27. The molecule has 3 amide bonds. The highest BCUT2D eigenvalue weighted by Gasteiger charge is 2.35. The number of hydrazone groups is 1. The highest BCUT2D eigenvalue weighted by atomic mass is 16.2. The van der Waals surface area contributed by atoms with Crippen LogP contribution >= 0.6 is 0 Å². The molecule has 11 nitrogen and oxygen atoms in total. The number of hydrogen-bond donors (Lipinski definition) is 4. The van der Waals surface area contributed by atoms with Crippen LogP contribution in [0.3, 0.4) is 0 Å². The number of hydrogen-bond acceptors (Lipinski definition) is 6. The van der Waals surface area contributed by atoms with E-state index in [4.69, 9.17) is 11.7 Å². The summed E-state index contributed by atoms with van der Waals surface area (Å²) in [6.45, 7) is 1.70. The van der Waals surface area contributed by atoms with Crippen molar-refractivity contribution in [3.8, 4) is 0 Å². The number of urea groups is 1. The highest BCUT2D eigenvalue weighted by Crippen LogP contribution is 2.23. The van der Waals surface area contributed by atoms with Gasteiger partial charge >= 0.3 is 6.03 Å². The van der Waals surface area contributed by atoms with Gasteiger partial charge in [0, 0.05) is 30.9 Å². The normalized spacial score (nSPS) is 16.2. The quantitative estimate of drug-likeness (QED) is 0.437. The molecule has 1 aromatic heterocycles. The fourth-order valence-electron chi connectivity index (χ4n) is 2.79. The van der Waals surface area contributed by atoms with Crippen LogP contribution in [0.4, 0.5) is 10.5 Å². The second-order valence-electron chi connectivity index (χ2n) is 6.26. The largest absolute Gasteiger partial charge is 0.330 e. The molecule has 0 spiro atoms. The maximum Gasteiger partial charge on any atom is 0.330 e. The number of carbonyl (C=O) groups is 2. The fraction of sp³-hybridized carbons (Fsp3) is 0.250. The number of aromatic nitrogens is 2. The number of nitrogens with zero attached hydrogens (tertiary/aromatic N) is 5. The number of carbonyl (C=O) groups excluding carboxylic acids is 2. The summed E-state index contributed by atoms with van der Waals surface area (Å²) in [5.74, 6) is 11.0. The van der Waals surface area contributed by atoms with Crippen LogP contribution in [0.5, 0.6) is 0 Å². The molecule has 0 fully saturated rings. The van der Waals surface area contributed by atoms with E-state index in [0.717, 1.165) is 15.9 Å². The molecule has 2 aromatic rings. The molecule has 1 aliphatic heterocycles. The van der Waals surface area contributed by atoms with Gasteiger partial charge in [0.25, 0.3) is 5.91 Å². The molecule has 3 rings (SSSR count). The van der Waals surface area contributed by atoms with Gasteiger partial charge in [-0.15, -0.1) is 5.10 Å². The lowest BCUT2D eigenvalue weighted by atomic mass is 10.1. The Kier molecular flexibility index (Phi) is 4.69. The average molecular weight is 371 g/mol. The number of aromatic amines is 1. The van der Waals surface area contributed by atoms with E-state index in [1.165, 1.54) is 9.80 Å². The molecule has 0 saturated carbocycles. The second kappa shape index (κ2) is 6.96. The number of allylic oxidation sites excluding steroid dienone is 1. The third-order valence-corrected chi connectivity index (χ3v) is 4.22.